The van der Waals surface area contributed by atoms with E-state index in [0.29, 0.717) is 41.0 Å². The minimum atomic E-state index is -0.472. The van der Waals surface area contributed by atoms with Crippen molar-refractivity contribution in [2.75, 3.05) is 44.5 Å². The molecule has 4 rings (SSSR count). The van der Waals surface area contributed by atoms with Crippen molar-refractivity contribution in [3.05, 3.63) is 64.2 Å². The van der Waals surface area contributed by atoms with Crippen molar-refractivity contribution in [1.29, 1.82) is 0 Å². The summed E-state index contributed by atoms with van der Waals surface area (Å²) in [4.78, 5) is 44.8. The van der Waals surface area contributed by atoms with Crippen molar-refractivity contribution in [3.63, 3.8) is 0 Å². The molecule has 0 atom stereocenters. The summed E-state index contributed by atoms with van der Waals surface area (Å²) in [6.45, 7) is 4.24. The van der Waals surface area contributed by atoms with Crippen LogP contribution in [0.25, 0.3) is 10.9 Å². The number of ether oxygens (including phenoxy) is 1. The molecule has 1 aromatic heterocycles. The van der Waals surface area contributed by atoms with Crippen molar-refractivity contribution in [3.8, 4) is 0 Å². The number of likely N-dealkylation sites (tertiary alicyclic amines) is 1. The lowest BCUT2D eigenvalue weighted by Gasteiger charge is -2.30. The number of Topliss-reactive ketones (excluding diaryl/α,β-unsaturated/α-hetero) is 1. The molecule has 184 valence electrons. The Kier molecular flexibility index (Phi) is 7.57. The van der Waals surface area contributed by atoms with Gasteiger partial charge in [-0.25, -0.2) is 9.78 Å². The number of aromatic nitrogens is 2. The third-order valence-corrected chi connectivity index (χ3v) is 6.37. The van der Waals surface area contributed by atoms with Crippen LogP contribution in [0.2, 0.25) is 0 Å². The number of anilines is 2. The van der Waals surface area contributed by atoms with Gasteiger partial charge in [-0.15, -0.1) is 0 Å². The van der Waals surface area contributed by atoms with Crippen LogP contribution in [-0.2, 0) is 11.3 Å². The summed E-state index contributed by atoms with van der Waals surface area (Å²) >= 11 is 0. The molecule has 1 fully saturated rings. The van der Waals surface area contributed by atoms with Crippen LogP contribution < -0.4 is 16.2 Å². The standard InChI is InChI=1S/C26H31N5O4/c1-17(32)19-5-4-6-20(15-19)27-26(34)28-21-7-8-23-22(16-21)25(33)31(13-14-35-3)24(29-23)18-9-11-30(2)12-10-18/h4-8,15-16,18H,9-14H2,1-3H3,(H2,27,28,34). The highest BCUT2D eigenvalue weighted by Crippen LogP contribution is 2.27. The molecular weight excluding hydrogens is 446 g/mol. The fraction of sp³-hybridized carbons (Fsp3) is 0.385. The molecule has 2 amide bonds. The van der Waals surface area contributed by atoms with E-state index in [9.17, 15) is 14.4 Å². The molecule has 2 N–H and O–H groups in total. The molecule has 1 aliphatic heterocycles. The van der Waals surface area contributed by atoms with Crippen LogP contribution in [0.5, 0.6) is 0 Å². The van der Waals surface area contributed by atoms with E-state index in [1.165, 1.54) is 6.92 Å². The second kappa shape index (κ2) is 10.8. The molecule has 1 aliphatic rings. The highest BCUT2D eigenvalue weighted by Gasteiger charge is 2.24. The first-order chi connectivity index (χ1) is 16.9. The lowest BCUT2D eigenvalue weighted by molar-refractivity contribution is 0.101. The second-order valence-electron chi connectivity index (χ2n) is 8.95. The van der Waals surface area contributed by atoms with Gasteiger partial charge < -0.3 is 20.3 Å². The molecule has 0 spiro atoms. The van der Waals surface area contributed by atoms with Crippen molar-refractivity contribution in [1.82, 2.24) is 14.5 Å². The number of nitrogens with one attached hydrogen (secondary N) is 2. The Bertz CT molecular complexity index is 1290. The van der Waals surface area contributed by atoms with Gasteiger partial charge in [0.15, 0.2) is 5.78 Å². The van der Waals surface area contributed by atoms with Gasteiger partial charge in [-0.2, -0.15) is 0 Å². The number of rotatable bonds is 7. The first-order valence-electron chi connectivity index (χ1n) is 11.8. The average molecular weight is 478 g/mol. The number of urea groups is 1. The van der Waals surface area contributed by atoms with Crippen molar-refractivity contribution in [2.45, 2.75) is 32.2 Å². The highest BCUT2D eigenvalue weighted by molar-refractivity contribution is 6.02. The Labute approximate surface area is 204 Å². The van der Waals surface area contributed by atoms with E-state index < -0.39 is 6.03 Å². The van der Waals surface area contributed by atoms with Gasteiger partial charge in [-0.1, -0.05) is 12.1 Å². The second-order valence-corrected chi connectivity index (χ2v) is 8.95. The number of benzene rings is 2. The van der Waals surface area contributed by atoms with Crippen LogP contribution in [0.3, 0.4) is 0 Å². The summed E-state index contributed by atoms with van der Waals surface area (Å²) in [5, 5.41) is 5.92. The van der Waals surface area contributed by atoms with E-state index in [2.05, 4.69) is 22.6 Å². The number of fused-ring (bicyclic) bond motifs is 1. The molecule has 2 aromatic carbocycles. The van der Waals surface area contributed by atoms with E-state index in [-0.39, 0.29) is 17.3 Å². The molecule has 0 bridgehead atoms. The van der Waals surface area contributed by atoms with Gasteiger partial charge >= 0.3 is 6.03 Å². The number of hydrogen-bond donors (Lipinski definition) is 2. The predicted octanol–water partition coefficient (Wildman–Crippen LogP) is 3.70. The molecule has 0 radical (unpaired) electrons. The van der Waals surface area contributed by atoms with Crippen LogP contribution in [0.15, 0.2) is 47.3 Å². The molecule has 0 aliphatic carbocycles. The predicted molar refractivity (Wildman–Crippen MR) is 136 cm³/mol. The molecule has 9 nitrogen and oxygen atoms in total. The Balaban J connectivity index is 1.60. The minimum absolute atomic E-state index is 0.0829. The number of ketones is 1. The van der Waals surface area contributed by atoms with E-state index in [1.54, 1.807) is 54.1 Å². The Morgan fingerprint density at radius 3 is 2.49 bits per heavy atom. The summed E-state index contributed by atoms with van der Waals surface area (Å²) in [5.41, 5.74) is 1.96. The van der Waals surface area contributed by atoms with E-state index in [4.69, 9.17) is 9.72 Å². The molecule has 3 aromatic rings. The van der Waals surface area contributed by atoms with Gasteiger partial charge in [-0.3, -0.25) is 14.2 Å². The van der Waals surface area contributed by atoms with E-state index in [0.717, 1.165) is 31.8 Å². The first-order valence-corrected chi connectivity index (χ1v) is 11.8. The van der Waals surface area contributed by atoms with Crippen molar-refractivity contribution in [2.24, 2.45) is 0 Å². The van der Waals surface area contributed by atoms with Crippen LogP contribution in [0.4, 0.5) is 16.2 Å². The van der Waals surface area contributed by atoms with Crippen LogP contribution >= 0.6 is 0 Å². The molecule has 9 heteroatoms. The average Bonchev–Trinajstić information content (AvgIpc) is 2.84. The molecule has 0 saturated carbocycles. The van der Waals surface area contributed by atoms with Crippen molar-refractivity contribution < 1.29 is 14.3 Å². The van der Waals surface area contributed by atoms with Gasteiger partial charge in [0.2, 0.25) is 0 Å². The quantitative estimate of drug-likeness (QED) is 0.503. The van der Waals surface area contributed by atoms with Gasteiger partial charge in [0.25, 0.3) is 5.56 Å². The van der Waals surface area contributed by atoms with Crippen molar-refractivity contribution >= 4 is 34.1 Å². The Morgan fingerprint density at radius 1 is 1.09 bits per heavy atom. The number of methoxy groups -OCH3 is 1. The van der Waals surface area contributed by atoms with Crippen LogP contribution in [0, 0.1) is 0 Å². The van der Waals surface area contributed by atoms with E-state index >= 15 is 0 Å². The number of hydrogen-bond acceptors (Lipinski definition) is 6. The zero-order valence-electron chi connectivity index (χ0n) is 20.3. The van der Waals surface area contributed by atoms with Crippen LogP contribution in [0.1, 0.15) is 41.9 Å². The summed E-state index contributed by atoms with van der Waals surface area (Å²) in [7, 11) is 3.72. The molecule has 1 saturated heterocycles. The molecule has 35 heavy (non-hydrogen) atoms. The fourth-order valence-electron chi connectivity index (χ4n) is 4.40. The van der Waals surface area contributed by atoms with Crippen LogP contribution in [-0.4, -0.2) is 60.1 Å². The third kappa shape index (κ3) is 5.75. The maximum absolute atomic E-state index is 13.5. The highest BCUT2D eigenvalue weighted by atomic mass is 16.5. The SMILES string of the molecule is COCCn1c(C2CCN(C)CC2)nc2ccc(NC(=O)Nc3cccc(C(C)=O)c3)cc2c1=O. The van der Waals surface area contributed by atoms with Gasteiger partial charge in [0.1, 0.15) is 5.82 Å². The number of carbonyl (C=O) groups is 2. The normalized spacial score (nSPS) is 14.7. The van der Waals surface area contributed by atoms with Gasteiger partial charge in [-0.05, 0) is 70.2 Å². The number of amides is 2. The lowest BCUT2D eigenvalue weighted by atomic mass is 9.95. The number of carbonyl (C=O) groups excluding carboxylic acids is 2. The lowest BCUT2D eigenvalue weighted by Crippen LogP contribution is -2.34. The molecular formula is C26H31N5O4. The molecule has 0 unspecified atom stereocenters. The zero-order chi connectivity index (χ0) is 24.9. The maximum atomic E-state index is 13.5. The minimum Gasteiger partial charge on any atom is -0.383 e. The summed E-state index contributed by atoms with van der Waals surface area (Å²) < 4.78 is 6.97. The van der Waals surface area contributed by atoms with Gasteiger partial charge in [0.05, 0.1) is 24.1 Å². The fourth-order valence-corrected chi connectivity index (χ4v) is 4.40. The zero-order valence-corrected chi connectivity index (χ0v) is 20.3. The summed E-state index contributed by atoms with van der Waals surface area (Å²) in [6.07, 6.45) is 1.90. The Morgan fingerprint density at radius 2 is 1.80 bits per heavy atom. The topological polar surface area (TPSA) is 106 Å². The third-order valence-electron chi connectivity index (χ3n) is 6.37. The van der Waals surface area contributed by atoms with E-state index in [1.807, 2.05) is 0 Å². The molecule has 2 heterocycles. The number of nitrogens with zero attached hydrogens (tertiary/aromatic N) is 3. The number of piperidine rings is 1. The smallest absolute Gasteiger partial charge is 0.323 e. The monoisotopic (exact) mass is 477 g/mol. The van der Waals surface area contributed by atoms with Gasteiger partial charge in [0, 0.05) is 30.0 Å². The summed E-state index contributed by atoms with van der Waals surface area (Å²) in [6, 6.07) is 11.4. The Hall–Kier alpha value is -3.56. The summed E-state index contributed by atoms with van der Waals surface area (Å²) in [5.74, 6) is 0.936. The largest absolute Gasteiger partial charge is 0.383 e. The maximum Gasteiger partial charge on any atom is 0.323 e. The first kappa shape index (κ1) is 24.6.